The van der Waals surface area contributed by atoms with Crippen molar-refractivity contribution in [3.05, 3.63) is 80.1 Å². The van der Waals surface area contributed by atoms with Crippen molar-refractivity contribution >= 4 is 32.0 Å². The summed E-state index contributed by atoms with van der Waals surface area (Å²) in [5.74, 6) is -2.39. The van der Waals surface area contributed by atoms with Crippen LogP contribution in [0.3, 0.4) is 0 Å². The molecule has 33 heavy (non-hydrogen) atoms. The van der Waals surface area contributed by atoms with Gasteiger partial charge in [-0.3, -0.25) is 9.71 Å². The summed E-state index contributed by atoms with van der Waals surface area (Å²) in [6, 6.07) is 11.0. The number of sulfonamides is 1. The zero-order chi connectivity index (χ0) is 22.4. The third-order valence-electron chi connectivity index (χ3n) is 3.96. The summed E-state index contributed by atoms with van der Waals surface area (Å²) in [7, 11) is -7.99. The largest absolute Gasteiger partial charge is 0.358 e. The predicted octanol–water partition coefficient (Wildman–Crippen LogP) is 2.76. The average Bonchev–Trinajstić information content (AvgIpc) is 2.67. The van der Waals surface area contributed by atoms with Gasteiger partial charge in [-0.1, -0.05) is 42.5 Å². The molecule has 0 fully saturated rings. The Morgan fingerprint density at radius 2 is 1.58 bits per heavy atom. The minimum atomic E-state index is -4.04. The fourth-order valence-corrected chi connectivity index (χ4v) is 4.95. The first-order valence-corrected chi connectivity index (χ1v) is 11.8. The first kappa shape index (κ1) is 34.2. The molecular weight excluding hydrogens is 723 g/mol. The topological polar surface area (TPSA) is 110 Å². The van der Waals surface area contributed by atoms with Crippen molar-refractivity contribution in [3.8, 4) is 0 Å². The van der Waals surface area contributed by atoms with Gasteiger partial charge in [0.25, 0.3) is 16.4 Å². The molecule has 1 atom stereocenters. The fourth-order valence-electron chi connectivity index (χ4n) is 2.49. The Morgan fingerprint density at radius 3 is 2.12 bits per heavy atom. The van der Waals surface area contributed by atoms with Crippen molar-refractivity contribution in [2.45, 2.75) is 23.1 Å². The van der Waals surface area contributed by atoms with Crippen LogP contribution in [0.5, 0.6) is 0 Å². The van der Waals surface area contributed by atoms with Gasteiger partial charge in [-0.05, 0) is 17.7 Å². The number of halogens is 2. The molecule has 0 spiro atoms. The Morgan fingerprint density at radius 1 is 1.03 bits per heavy atom. The molecule has 179 valence electrons. The number of hydrogen-bond donors (Lipinski definition) is 1. The van der Waals surface area contributed by atoms with Crippen LogP contribution in [0, 0.1) is 14.4 Å². The van der Waals surface area contributed by atoms with Gasteiger partial charge in [0.1, 0.15) is 0 Å². The van der Waals surface area contributed by atoms with Gasteiger partial charge in [0.2, 0.25) is 0 Å². The first-order valence-electron chi connectivity index (χ1n) is 8.53. The summed E-state index contributed by atoms with van der Waals surface area (Å²) >= 11 is 0. The van der Waals surface area contributed by atoms with E-state index in [1.54, 1.807) is 6.07 Å². The van der Waals surface area contributed by atoms with Crippen LogP contribution in [0.4, 0.5) is 8.78 Å². The van der Waals surface area contributed by atoms with Crippen molar-refractivity contribution in [1.82, 2.24) is 4.72 Å². The minimum absolute atomic E-state index is 0. The van der Waals surface area contributed by atoms with Crippen LogP contribution in [-0.2, 0) is 84.2 Å². The monoisotopic (exact) mass is 745 g/mol. The number of aliphatic imine (C=N–C) groups is 1. The van der Waals surface area contributed by atoms with E-state index in [0.29, 0.717) is 6.34 Å². The number of Topliss-reactive ketones (excluding diaryl/α,β-unsaturated/α-hetero) is 1. The van der Waals surface area contributed by atoms with Crippen molar-refractivity contribution < 1.29 is 84.2 Å². The molecule has 1 N–H and O–H groups in total. The maximum Gasteiger partial charge on any atom is 0.264 e. The summed E-state index contributed by atoms with van der Waals surface area (Å²) in [6.45, 7) is 3.13. The normalized spacial score (nSPS) is 12.2. The second-order valence-electron chi connectivity index (χ2n) is 6.25. The van der Waals surface area contributed by atoms with Crippen molar-refractivity contribution in [1.29, 1.82) is 0 Å². The maximum absolute atomic E-state index is 13.1. The van der Waals surface area contributed by atoms with Crippen LogP contribution in [0.25, 0.3) is 0 Å². The maximum atomic E-state index is 13.1. The smallest absolute Gasteiger partial charge is 0.264 e. The van der Waals surface area contributed by atoms with Crippen LogP contribution >= 0.6 is 0 Å². The first-order chi connectivity index (χ1) is 14.0. The van der Waals surface area contributed by atoms with Crippen molar-refractivity contribution in [2.75, 3.05) is 5.75 Å². The molecule has 0 aliphatic rings. The van der Waals surface area contributed by atoms with E-state index in [9.17, 15) is 30.4 Å². The number of carbonyl (C=O) groups excluding carboxylic acids is 1. The number of ketones is 1. The predicted molar refractivity (Wildman–Crippen MR) is 115 cm³/mol. The van der Waals surface area contributed by atoms with Crippen molar-refractivity contribution in [3.63, 3.8) is 0 Å². The molecule has 0 saturated heterocycles. The SMILES string of the molecule is [CH2-]C(=O)[C@H](CS(=O)(=O)Cc1ccccc1C(F)F)N=CNS(=O)(=O)c1ccccc1.[CH3-].[W].[Y]. The van der Waals surface area contributed by atoms with E-state index >= 15 is 0 Å². The Labute approximate surface area is 233 Å². The summed E-state index contributed by atoms with van der Waals surface area (Å²) in [5.41, 5.74) is -0.505. The molecule has 0 heterocycles. The quantitative estimate of drug-likeness (QED) is 0.229. The van der Waals surface area contributed by atoms with Gasteiger partial charge in [-0.2, -0.15) is 0 Å². The Kier molecular flexibility index (Phi) is 15.6. The minimum Gasteiger partial charge on any atom is -0.358 e. The van der Waals surface area contributed by atoms with Crippen molar-refractivity contribution in [2.24, 2.45) is 4.99 Å². The van der Waals surface area contributed by atoms with Gasteiger partial charge in [-0.25, -0.2) is 25.6 Å². The van der Waals surface area contributed by atoms with Crippen LogP contribution in [-0.4, -0.2) is 40.8 Å². The summed E-state index contributed by atoms with van der Waals surface area (Å²) in [6.07, 6.45) is -2.15. The molecular formula is C20H22F2N2O5S2WY-2. The van der Waals surface area contributed by atoms with E-state index in [2.05, 4.69) is 11.9 Å². The fraction of sp³-hybridized carbons (Fsp3) is 0.200. The van der Waals surface area contributed by atoms with Gasteiger partial charge in [0.15, 0.2) is 9.84 Å². The number of sulfone groups is 1. The number of nitrogens with one attached hydrogen (secondary N) is 1. The molecule has 0 unspecified atom stereocenters. The van der Waals surface area contributed by atoms with Gasteiger partial charge in [0.05, 0.1) is 28.8 Å². The average molecular weight is 745 g/mol. The van der Waals surface area contributed by atoms with E-state index < -0.39 is 55.2 Å². The molecule has 0 aliphatic heterocycles. The molecule has 0 amide bonds. The number of nitrogens with zero attached hydrogens (tertiary/aromatic N) is 1. The Bertz CT molecular complexity index is 1130. The molecule has 13 heteroatoms. The third-order valence-corrected chi connectivity index (χ3v) is 6.85. The van der Waals surface area contributed by atoms with Crippen LogP contribution < -0.4 is 4.72 Å². The van der Waals surface area contributed by atoms with E-state index in [1.165, 1.54) is 42.5 Å². The van der Waals surface area contributed by atoms with Crippen LogP contribution in [0.1, 0.15) is 17.6 Å². The summed E-state index contributed by atoms with van der Waals surface area (Å²) in [4.78, 5) is 15.3. The molecule has 2 aromatic rings. The second-order valence-corrected chi connectivity index (χ2v) is 10.1. The Balaban J connectivity index is 0. The Hall–Kier alpha value is -0.998. The molecule has 0 bridgehead atoms. The third kappa shape index (κ3) is 10.9. The molecule has 1 radical (unpaired) electrons. The number of rotatable bonds is 10. The molecule has 7 nitrogen and oxygen atoms in total. The van der Waals surface area contributed by atoms with Gasteiger partial charge in [0, 0.05) is 65.1 Å². The van der Waals surface area contributed by atoms with E-state index in [4.69, 9.17) is 0 Å². The van der Waals surface area contributed by atoms with Gasteiger partial charge in [-0.15, -0.1) is 0 Å². The molecule has 2 aromatic carbocycles. The zero-order valence-electron chi connectivity index (χ0n) is 17.6. The number of benzene rings is 2. The number of carbonyl (C=O) groups is 1. The van der Waals surface area contributed by atoms with E-state index in [0.717, 1.165) is 6.07 Å². The van der Waals surface area contributed by atoms with E-state index in [1.807, 2.05) is 4.72 Å². The number of hydrogen-bond acceptors (Lipinski definition) is 6. The molecule has 2 rings (SSSR count). The zero-order valence-corrected chi connectivity index (χ0v) is 25.0. The summed E-state index contributed by atoms with van der Waals surface area (Å²) in [5, 5.41) is 0. The van der Waals surface area contributed by atoms with Crippen LogP contribution in [0.2, 0.25) is 0 Å². The standard InChI is InChI=1S/C19H19F2N2O5S2.CH3.W.Y/c1-14(24)18(22-13-23-30(27,28)16-8-3-2-4-9-16)12-29(25,26)11-15-7-5-6-10-17(15)19(20)21;;;/h2-10,13,18-19H,1,11-12H2,(H,22,23);1H3;;/q2*-1;;/t18-;;;/m0.../s1. The second kappa shape index (κ2) is 15.1. The number of alkyl halides is 2. The van der Waals surface area contributed by atoms with Gasteiger partial charge >= 0.3 is 0 Å². The van der Waals surface area contributed by atoms with Gasteiger partial charge < -0.3 is 19.1 Å². The molecule has 0 saturated carbocycles. The summed E-state index contributed by atoms with van der Waals surface area (Å²) < 4.78 is 77.3. The molecule has 0 aromatic heterocycles. The van der Waals surface area contributed by atoms with E-state index in [-0.39, 0.29) is 71.7 Å². The molecule has 0 aliphatic carbocycles. The van der Waals surface area contributed by atoms with Crippen LogP contribution in [0.15, 0.2) is 64.5 Å².